The van der Waals surface area contributed by atoms with Crippen molar-refractivity contribution in [3.05, 3.63) is 29.0 Å². The predicted octanol–water partition coefficient (Wildman–Crippen LogP) is 2.57. The second-order valence-corrected chi connectivity index (χ2v) is 4.20. The van der Waals surface area contributed by atoms with Crippen molar-refractivity contribution in [1.82, 2.24) is 0 Å². The number of benzene rings is 1. The Morgan fingerprint density at radius 3 is 2.53 bits per heavy atom. The average Bonchev–Trinajstić information content (AvgIpc) is 2.40. The number of hydrogen-bond acceptors (Lipinski definition) is 4. The lowest BCUT2D eigenvalue weighted by atomic mass is 10.3. The van der Waals surface area contributed by atoms with Crippen LogP contribution in [0, 0.1) is 5.82 Å². The largest absolute Gasteiger partial charge is 0.382 e. The van der Waals surface area contributed by atoms with Crippen molar-refractivity contribution in [3.63, 3.8) is 0 Å². The van der Waals surface area contributed by atoms with Crippen molar-refractivity contribution in [2.75, 3.05) is 52.0 Å². The number of ether oxygens (including phenoxy) is 3. The van der Waals surface area contributed by atoms with Gasteiger partial charge in [-0.15, -0.1) is 0 Å². The summed E-state index contributed by atoms with van der Waals surface area (Å²) in [5.41, 5.74) is 0.382. The van der Waals surface area contributed by atoms with Crippen LogP contribution in [-0.2, 0) is 14.2 Å². The van der Waals surface area contributed by atoms with E-state index in [1.807, 2.05) is 0 Å². The quantitative estimate of drug-likeness (QED) is 0.673. The Balaban J connectivity index is 2.03. The zero-order chi connectivity index (χ0) is 13.9. The molecule has 1 aromatic carbocycles. The van der Waals surface area contributed by atoms with Gasteiger partial charge in [0.05, 0.1) is 38.7 Å². The molecule has 0 saturated carbocycles. The van der Waals surface area contributed by atoms with E-state index in [0.717, 1.165) is 0 Å². The first-order chi connectivity index (χ1) is 9.24. The van der Waals surface area contributed by atoms with Gasteiger partial charge in [-0.05, 0) is 18.2 Å². The zero-order valence-electron chi connectivity index (χ0n) is 11.0. The maximum Gasteiger partial charge on any atom is 0.146 e. The molecule has 0 atom stereocenters. The molecule has 6 heteroatoms. The third-order valence-electron chi connectivity index (χ3n) is 2.29. The van der Waals surface area contributed by atoms with E-state index in [1.54, 1.807) is 13.2 Å². The molecule has 1 rings (SSSR count). The van der Waals surface area contributed by atoms with E-state index in [0.29, 0.717) is 50.3 Å². The first kappa shape index (κ1) is 16.2. The summed E-state index contributed by atoms with van der Waals surface area (Å²) < 4.78 is 28.7. The molecule has 0 aliphatic rings. The Morgan fingerprint density at radius 2 is 1.79 bits per heavy atom. The van der Waals surface area contributed by atoms with Gasteiger partial charge >= 0.3 is 0 Å². The van der Waals surface area contributed by atoms with Gasteiger partial charge < -0.3 is 19.5 Å². The summed E-state index contributed by atoms with van der Waals surface area (Å²) in [5, 5.41) is 3.42. The third kappa shape index (κ3) is 7.32. The van der Waals surface area contributed by atoms with Gasteiger partial charge in [-0.2, -0.15) is 0 Å². The topological polar surface area (TPSA) is 39.7 Å². The van der Waals surface area contributed by atoms with Gasteiger partial charge in [0.2, 0.25) is 0 Å². The maximum atomic E-state index is 13.3. The highest BCUT2D eigenvalue weighted by molar-refractivity contribution is 6.30. The highest BCUT2D eigenvalue weighted by Crippen LogP contribution is 2.18. The van der Waals surface area contributed by atoms with Gasteiger partial charge in [0.25, 0.3) is 0 Å². The van der Waals surface area contributed by atoms with Crippen molar-refractivity contribution < 1.29 is 18.6 Å². The molecule has 0 aliphatic heterocycles. The molecule has 0 heterocycles. The smallest absolute Gasteiger partial charge is 0.146 e. The molecule has 0 saturated heterocycles. The second-order valence-electron chi connectivity index (χ2n) is 3.77. The Labute approximate surface area is 117 Å². The number of hydrogen-bond donors (Lipinski definition) is 1. The number of nitrogens with one attached hydrogen (secondary N) is 1. The van der Waals surface area contributed by atoms with Crippen LogP contribution in [0.15, 0.2) is 18.2 Å². The Morgan fingerprint density at radius 1 is 1.11 bits per heavy atom. The molecule has 108 valence electrons. The molecular formula is C13H19ClFNO3. The number of methoxy groups -OCH3 is 1. The van der Waals surface area contributed by atoms with E-state index in [4.69, 9.17) is 25.8 Å². The van der Waals surface area contributed by atoms with Gasteiger partial charge in [-0.3, -0.25) is 0 Å². The summed E-state index contributed by atoms with van der Waals surface area (Å²) >= 11 is 5.78. The molecule has 0 aliphatic carbocycles. The maximum absolute atomic E-state index is 13.3. The fourth-order valence-electron chi connectivity index (χ4n) is 1.36. The molecule has 1 aromatic rings. The Bertz CT molecular complexity index is 366. The van der Waals surface area contributed by atoms with E-state index >= 15 is 0 Å². The first-order valence-corrected chi connectivity index (χ1v) is 6.45. The Kier molecular flexibility index (Phi) is 8.49. The van der Waals surface area contributed by atoms with Crippen molar-refractivity contribution in [2.45, 2.75) is 0 Å². The van der Waals surface area contributed by atoms with E-state index in [-0.39, 0.29) is 5.82 Å². The summed E-state index contributed by atoms with van der Waals surface area (Å²) in [4.78, 5) is 0. The van der Waals surface area contributed by atoms with Crippen molar-refractivity contribution in [1.29, 1.82) is 0 Å². The summed E-state index contributed by atoms with van der Waals surface area (Å²) in [6, 6.07) is 4.38. The molecule has 0 bridgehead atoms. The van der Waals surface area contributed by atoms with Gasteiger partial charge in [0.1, 0.15) is 5.82 Å². The predicted molar refractivity (Wildman–Crippen MR) is 73.4 cm³/mol. The summed E-state index contributed by atoms with van der Waals surface area (Å²) in [7, 11) is 1.63. The highest BCUT2D eigenvalue weighted by Gasteiger charge is 2.01. The van der Waals surface area contributed by atoms with Crippen LogP contribution in [0.1, 0.15) is 0 Å². The van der Waals surface area contributed by atoms with Crippen molar-refractivity contribution >= 4 is 17.3 Å². The SMILES string of the molecule is COCCOCCOCCNc1cc(Cl)ccc1F. The molecule has 0 amide bonds. The monoisotopic (exact) mass is 291 g/mol. The molecule has 0 aromatic heterocycles. The third-order valence-corrected chi connectivity index (χ3v) is 2.53. The molecule has 4 nitrogen and oxygen atoms in total. The van der Waals surface area contributed by atoms with Gasteiger partial charge in [-0.25, -0.2) is 4.39 Å². The molecule has 0 fully saturated rings. The average molecular weight is 292 g/mol. The molecule has 0 radical (unpaired) electrons. The normalized spacial score (nSPS) is 10.7. The first-order valence-electron chi connectivity index (χ1n) is 6.07. The second kappa shape index (κ2) is 9.97. The molecule has 19 heavy (non-hydrogen) atoms. The number of rotatable bonds is 10. The fourth-order valence-corrected chi connectivity index (χ4v) is 1.53. The van der Waals surface area contributed by atoms with Crippen LogP contribution >= 0.6 is 11.6 Å². The highest BCUT2D eigenvalue weighted by atomic mass is 35.5. The lowest BCUT2D eigenvalue weighted by Crippen LogP contribution is -2.14. The van der Waals surface area contributed by atoms with Crippen LogP contribution in [-0.4, -0.2) is 46.7 Å². The minimum Gasteiger partial charge on any atom is -0.382 e. The van der Waals surface area contributed by atoms with E-state index < -0.39 is 0 Å². The van der Waals surface area contributed by atoms with Crippen LogP contribution in [0.25, 0.3) is 0 Å². The minimum absolute atomic E-state index is 0.327. The van der Waals surface area contributed by atoms with Gasteiger partial charge in [0, 0.05) is 18.7 Å². The van der Waals surface area contributed by atoms with E-state index in [9.17, 15) is 4.39 Å². The van der Waals surface area contributed by atoms with Crippen LogP contribution in [0.4, 0.5) is 10.1 Å². The lowest BCUT2D eigenvalue weighted by Gasteiger charge is -2.09. The van der Waals surface area contributed by atoms with Crippen LogP contribution in [0.2, 0.25) is 5.02 Å². The summed E-state index contributed by atoms with van der Waals surface area (Å²) in [6.45, 7) is 3.15. The Hall–Kier alpha value is -0.880. The molecule has 1 N–H and O–H groups in total. The van der Waals surface area contributed by atoms with Crippen LogP contribution < -0.4 is 5.32 Å². The van der Waals surface area contributed by atoms with E-state index in [2.05, 4.69) is 5.32 Å². The van der Waals surface area contributed by atoms with Crippen molar-refractivity contribution in [3.8, 4) is 0 Å². The number of anilines is 1. The van der Waals surface area contributed by atoms with Crippen LogP contribution in [0.3, 0.4) is 0 Å². The van der Waals surface area contributed by atoms with Crippen LogP contribution in [0.5, 0.6) is 0 Å². The molecular weight excluding hydrogens is 273 g/mol. The molecule has 0 unspecified atom stereocenters. The lowest BCUT2D eigenvalue weighted by molar-refractivity contribution is 0.0272. The minimum atomic E-state index is -0.327. The summed E-state index contributed by atoms with van der Waals surface area (Å²) in [5.74, 6) is -0.327. The number of halogens is 2. The van der Waals surface area contributed by atoms with Gasteiger partial charge in [0.15, 0.2) is 0 Å². The van der Waals surface area contributed by atoms with E-state index in [1.165, 1.54) is 12.1 Å². The fraction of sp³-hybridized carbons (Fsp3) is 0.538. The standard InChI is InChI=1S/C13H19ClFNO3/c1-17-6-7-19-9-8-18-5-4-16-13-10-11(14)2-3-12(13)15/h2-3,10,16H,4-9H2,1H3. The zero-order valence-corrected chi connectivity index (χ0v) is 11.7. The van der Waals surface area contributed by atoms with Crippen molar-refractivity contribution in [2.24, 2.45) is 0 Å². The summed E-state index contributed by atoms with van der Waals surface area (Å²) in [6.07, 6.45) is 0. The van der Waals surface area contributed by atoms with Gasteiger partial charge in [-0.1, -0.05) is 11.6 Å². The molecule has 0 spiro atoms.